The first-order chi connectivity index (χ1) is 13.7. The molecule has 0 unspecified atom stereocenters. The maximum atomic E-state index is 13.0. The van der Waals surface area contributed by atoms with Crippen LogP contribution in [0.2, 0.25) is 0 Å². The summed E-state index contributed by atoms with van der Waals surface area (Å²) >= 11 is 0. The quantitative estimate of drug-likeness (QED) is 0.566. The van der Waals surface area contributed by atoms with Crippen LogP contribution in [0.1, 0.15) is 27.7 Å². The molecule has 0 spiro atoms. The van der Waals surface area contributed by atoms with E-state index in [1.165, 1.54) is 0 Å². The largest absolute Gasteiger partial charge is 0.425 e. The minimum atomic E-state index is -0.994. The molecule has 3 heterocycles. The van der Waals surface area contributed by atoms with Crippen LogP contribution in [0.15, 0.2) is 42.5 Å². The van der Waals surface area contributed by atoms with Crippen LogP contribution >= 0.6 is 0 Å². The summed E-state index contributed by atoms with van der Waals surface area (Å²) in [7, 11) is 0. The number of hydrogen-bond acceptors (Lipinski definition) is 7. The number of carbonyl (C=O) groups excluding carboxylic acids is 1. The summed E-state index contributed by atoms with van der Waals surface area (Å²) in [6, 6.07) is 13.4. The van der Waals surface area contributed by atoms with Gasteiger partial charge in [0.1, 0.15) is 24.1 Å². The third kappa shape index (κ3) is 3.43. The second kappa shape index (κ2) is 6.48. The Morgan fingerprint density at radius 2 is 1.48 bits per heavy atom. The van der Waals surface area contributed by atoms with Gasteiger partial charge in [0, 0.05) is 0 Å². The number of esters is 1. The summed E-state index contributed by atoms with van der Waals surface area (Å²) in [5, 5.41) is 2.05. The minimum absolute atomic E-state index is 0.443. The predicted octanol–water partition coefficient (Wildman–Crippen LogP) is 3.14. The van der Waals surface area contributed by atoms with Gasteiger partial charge in [-0.1, -0.05) is 30.3 Å². The Hall–Kier alpha value is -2.03. The number of rotatable bonds is 2. The number of carbonyl (C=O) groups is 1. The first-order valence-electron chi connectivity index (χ1n) is 9.78. The molecule has 2 aromatic carbocycles. The molecule has 5 rings (SSSR count). The van der Waals surface area contributed by atoms with Gasteiger partial charge in [-0.05, 0) is 50.6 Å². The van der Waals surface area contributed by atoms with Crippen molar-refractivity contribution in [2.24, 2.45) is 0 Å². The van der Waals surface area contributed by atoms with Crippen molar-refractivity contribution in [1.29, 1.82) is 0 Å². The summed E-state index contributed by atoms with van der Waals surface area (Å²) in [6.45, 7) is 7.19. The van der Waals surface area contributed by atoms with E-state index in [9.17, 15) is 4.79 Å². The van der Waals surface area contributed by atoms with Crippen LogP contribution in [0, 0.1) is 0 Å². The van der Waals surface area contributed by atoms with Crippen LogP contribution in [0.25, 0.3) is 10.8 Å². The molecule has 7 heteroatoms. The molecule has 0 aliphatic carbocycles. The van der Waals surface area contributed by atoms with Crippen molar-refractivity contribution in [2.45, 2.75) is 70.0 Å². The number of fused-ring (bicyclic) bond motifs is 4. The van der Waals surface area contributed by atoms with Crippen molar-refractivity contribution < 1.29 is 33.2 Å². The lowest BCUT2D eigenvalue weighted by molar-refractivity contribution is -0.236. The molecule has 0 aromatic heterocycles. The van der Waals surface area contributed by atoms with E-state index >= 15 is 0 Å². The molecule has 29 heavy (non-hydrogen) atoms. The van der Waals surface area contributed by atoms with Crippen LogP contribution in [0.3, 0.4) is 0 Å². The highest BCUT2D eigenvalue weighted by Crippen LogP contribution is 2.44. The summed E-state index contributed by atoms with van der Waals surface area (Å²) in [5.41, 5.74) is 0. The maximum absolute atomic E-state index is 13.0. The first-order valence-corrected chi connectivity index (χ1v) is 9.78. The molecule has 3 aliphatic heterocycles. The molecule has 154 valence electrons. The van der Waals surface area contributed by atoms with Gasteiger partial charge in [0.2, 0.25) is 0 Å². The van der Waals surface area contributed by atoms with E-state index in [1.807, 2.05) is 36.4 Å². The molecule has 7 nitrogen and oxygen atoms in total. The average molecular weight is 400 g/mol. The third-order valence-electron chi connectivity index (χ3n) is 5.33. The number of hydrogen-bond donors (Lipinski definition) is 0. The lowest BCUT2D eigenvalue weighted by atomic mass is 9.99. The Balaban J connectivity index is 1.40. The van der Waals surface area contributed by atoms with Gasteiger partial charge < -0.3 is 28.4 Å². The third-order valence-corrected chi connectivity index (χ3v) is 5.33. The van der Waals surface area contributed by atoms with E-state index in [-0.39, 0.29) is 0 Å². The fourth-order valence-electron chi connectivity index (χ4n) is 4.21. The highest BCUT2D eigenvalue weighted by Gasteiger charge is 2.62. The normalized spacial score (nSPS) is 34.6. The smallest absolute Gasteiger partial charge is 0.343 e. The molecule has 2 aromatic rings. The lowest BCUT2D eigenvalue weighted by Crippen LogP contribution is -2.58. The highest BCUT2D eigenvalue weighted by molar-refractivity contribution is 5.85. The molecule has 3 fully saturated rings. The predicted molar refractivity (Wildman–Crippen MR) is 102 cm³/mol. The second-order valence-corrected chi connectivity index (χ2v) is 8.52. The van der Waals surface area contributed by atoms with E-state index in [0.717, 1.165) is 10.8 Å². The molecule has 3 aliphatic rings. The summed E-state index contributed by atoms with van der Waals surface area (Å²) in [6.07, 6.45) is -3.37. The fourth-order valence-corrected chi connectivity index (χ4v) is 4.21. The number of benzene rings is 2. The average Bonchev–Trinajstić information content (AvgIpc) is 3.14. The van der Waals surface area contributed by atoms with Gasteiger partial charge in [-0.2, -0.15) is 0 Å². The molecule has 5 atom stereocenters. The highest BCUT2D eigenvalue weighted by atomic mass is 16.9. The molecule has 0 saturated carbocycles. The SMILES string of the molecule is CC1(C)O[C@H]2[C@@H](O1)[C@H](C(=O)Oc1ccc3ccccc3c1)O[C@@H]1OC(C)(C)O[C@@H]12. The van der Waals surface area contributed by atoms with Gasteiger partial charge >= 0.3 is 5.97 Å². The van der Waals surface area contributed by atoms with Crippen molar-refractivity contribution >= 4 is 16.7 Å². The Bertz CT molecular complexity index is 953. The van der Waals surface area contributed by atoms with Crippen LogP contribution in [-0.4, -0.2) is 48.2 Å². The van der Waals surface area contributed by atoms with E-state index in [2.05, 4.69) is 0 Å². The lowest BCUT2D eigenvalue weighted by Gasteiger charge is -2.35. The Morgan fingerprint density at radius 3 is 2.28 bits per heavy atom. The molecule has 0 radical (unpaired) electrons. The first kappa shape index (κ1) is 19.0. The van der Waals surface area contributed by atoms with Crippen molar-refractivity contribution in [3.8, 4) is 5.75 Å². The van der Waals surface area contributed by atoms with E-state index in [4.69, 9.17) is 28.4 Å². The molecular formula is C22H24O7. The summed E-state index contributed by atoms with van der Waals surface area (Å²) < 4.78 is 35.4. The maximum Gasteiger partial charge on any atom is 0.343 e. The van der Waals surface area contributed by atoms with Gasteiger partial charge in [0.15, 0.2) is 24.0 Å². The van der Waals surface area contributed by atoms with Gasteiger partial charge in [0.05, 0.1) is 0 Å². The standard InChI is InChI=1S/C22H24O7/c1-21(2)26-15-16(27-21)18-20(29-22(3,4)28-18)25-17(15)19(23)24-14-10-9-12-7-5-6-8-13(12)11-14/h5-11,15-18,20H,1-4H3/t15-,16+,17-,18-,20-/m1/s1. The molecule has 0 amide bonds. The number of ether oxygens (including phenoxy) is 6. The fraction of sp³-hybridized carbons (Fsp3) is 0.500. The van der Waals surface area contributed by atoms with Crippen molar-refractivity contribution in [3.63, 3.8) is 0 Å². The zero-order valence-corrected chi connectivity index (χ0v) is 16.8. The minimum Gasteiger partial charge on any atom is -0.425 e. The Labute approximate surface area is 168 Å². The molecule has 3 saturated heterocycles. The van der Waals surface area contributed by atoms with E-state index in [0.29, 0.717) is 5.75 Å². The van der Waals surface area contributed by atoms with Crippen molar-refractivity contribution in [1.82, 2.24) is 0 Å². The van der Waals surface area contributed by atoms with Crippen LogP contribution in [-0.2, 0) is 28.5 Å². The van der Waals surface area contributed by atoms with Crippen molar-refractivity contribution in [2.75, 3.05) is 0 Å². The van der Waals surface area contributed by atoms with Crippen LogP contribution < -0.4 is 4.74 Å². The molecule has 0 bridgehead atoms. The van der Waals surface area contributed by atoms with Crippen LogP contribution in [0.5, 0.6) is 5.75 Å². The summed E-state index contributed by atoms with van der Waals surface area (Å²) in [4.78, 5) is 13.0. The van der Waals surface area contributed by atoms with Gasteiger partial charge in [-0.25, -0.2) is 4.79 Å². The zero-order chi connectivity index (χ0) is 20.4. The van der Waals surface area contributed by atoms with E-state index < -0.39 is 48.2 Å². The topological polar surface area (TPSA) is 72.5 Å². The second-order valence-electron chi connectivity index (χ2n) is 8.52. The molecular weight excluding hydrogens is 376 g/mol. The Morgan fingerprint density at radius 1 is 0.828 bits per heavy atom. The van der Waals surface area contributed by atoms with Crippen molar-refractivity contribution in [3.05, 3.63) is 42.5 Å². The van der Waals surface area contributed by atoms with E-state index in [1.54, 1.807) is 33.8 Å². The van der Waals surface area contributed by atoms with Gasteiger partial charge in [-0.15, -0.1) is 0 Å². The van der Waals surface area contributed by atoms with Gasteiger partial charge in [-0.3, -0.25) is 0 Å². The van der Waals surface area contributed by atoms with Crippen LogP contribution in [0.4, 0.5) is 0 Å². The van der Waals surface area contributed by atoms with Gasteiger partial charge in [0.25, 0.3) is 0 Å². The monoisotopic (exact) mass is 400 g/mol. The Kier molecular flexibility index (Phi) is 4.24. The zero-order valence-electron chi connectivity index (χ0n) is 16.8. The summed E-state index contributed by atoms with van der Waals surface area (Å²) in [5.74, 6) is -1.82. The molecule has 0 N–H and O–H groups in total.